The van der Waals surface area contributed by atoms with E-state index in [1.165, 1.54) is 38.4 Å². The highest BCUT2D eigenvalue weighted by molar-refractivity contribution is 5.50. The quantitative estimate of drug-likeness (QED) is 0.919. The average molecular weight is 278 g/mol. The lowest BCUT2D eigenvalue weighted by Crippen LogP contribution is -2.40. The molecular formula is C16H23FN2O. The van der Waals surface area contributed by atoms with Crippen molar-refractivity contribution in [2.75, 3.05) is 31.1 Å². The SMILES string of the molecule is OCc1ccc(N2CCC(N3CCCCC3)C2)c(F)c1. The summed E-state index contributed by atoms with van der Waals surface area (Å²) in [6.45, 7) is 4.15. The first-order valence-electron chi connectivity index (χ1n) is 7.66. The van der Waals surface area contributed by atoms with Crippen LogP contribution >= 0.6 is 0 Å². The van der Waals surface area contributed by atoms with Crippen molar-refractivity contribution in [1.82, 2.24) is 4.90 Å². The number of piperidine rings is 1. The predicted molar refractivity (Wildman–Crippen MR) is 78.4 cm³/mol. The maximum Gasteiger partial charge on any atom is 0.146 e. The maximum atomic E-state index is 14.1. The smallest absolute Gasteiger partial charge is 0.146 e. The molecule has 1 atom stereocenters. The third-order valence-electron chi connectivity index (χ3n) is 4.61. The first-order valence-corrected chi connectivity index (χ1v) is 7.66. The summed E-state index contributed by atoms with van der Waals surface area (Å²) in [5, 5.41) is 9.04. The van der Waals surface area contributed by atoms with E-state index in [2.05, 4.69) is 9.80 Å². The predicted octanol–water partition coefficient (Wildman–Crippen LogP) is 2.38. The van der Waals surface area contributed by atoms with Gasteiger partial charge in [-0.1, -0.05) is 12.5 Å². The van der Waals surface area contributed by atoms with Gasteiger partial charge in [0.2, 0.25) is 0 Å². The lowest BCUT2D eigenvalue weighted by Gasteiger charge is -2.32. The Bertz CT molecular complexity index is 460. The Morgan fingerprint density at radius 1 is 1.15 bits per heavy atom. The molecule has 0 radical (unpaired) electrons. The molecule has 0 amide bonds. The van der Waals surface area contributed by atoms with Gasteiger partial charge in [-0.15, -0.1) is 0 Å². The first kappa shape index (κ1) is 13.8. The van der Waals surface area contributed by atoms with E-state index in [1.54, 1.807) is 6.07 Å². The molecule has 3 nitrogen and oxygen atoms in total. The van der Waals surface area contributed by atoms with Crippen molar-refractivity contribution >= 4 is 5.69 Å². The highest BCUT2D eigenvalue weighted by Gasteiger charge is 2.29. The maximum absolute atomic E-state index is 14.1. The van der Waals surface area contributed by atoms with Crippen LogP contribution in [0.4, 0.5) is 10.1 Å². The Morgan fingerprint density at radius 3 is 2.65 bits per heavy atom. The van der Waals surface area contributed by atoms with Gasteiger partial charge in [0, 0.05) is 19.1 Å². The van der Waals surface area contributed by atoms with Crippen LogP contribution in [0.2, 0.25) is 0 Å². The minimum atomic E-state index is -0.212. The Hall–Kier alpha value is -1.13. The zero-order chi connectivity index (χ0) is 13.9. The van der Waals surface area contributed by atoms with Gasteiger partial charge >= 0.3 is 0 Å². The third-order valence-corrected chi connectivity index (χ3v) is 4.61. The molecule has 1 unspecified atom stereocenters. The summed E-state index contributed by atoms with van der Waals surface area (Å²) in [6.07, 6.45) is 5.08. The van der Waals surface area contributed by atoms with Crippen molar-refractivity contribution in [3.8, 4) is 0 Å². The van der Waals surface area contributed by atoms with E-state index < -0.39 is 0 Å². The standard InChI is InChI=1S/C16H23FN2O/c17-15-10-13(12-20)4-5-16(15)19-9-6-14(11-19)18-7-2-1-3-8-18/h4-5,10,14,20H,1-3,6-9,11-12H2. The molecule has 0 aliphatic carbocycles. The summed E-state index contributed by atoms with van der Waals surface area (Å²) >= 11 is 0. The molecule has 20 heavy (non-hydrogen) atoms. The molecule has 1 N–H and O–H groups in total. The number of nitrogens with zero attached hydrogens (tertiary/aromatic N) is 2. The lowest BCUT2D eigenvalue weighted by atomic mass is 10.1. The van der Waals surface area contributed by atoms with Gasteiger partial charge in [-0.05, 0) is 50.0 Å². The minimum Gasteiger partial charge on any atom is -0.392 e. The second-order valence-corrected chi connectivity index (χ2v) is 5.93. The van der Waals surface area contributed by atoms with Crippen LogP contribution in [0.3, 0.4) is 0 Å². The fourth-order valence-corrected chi connectivity index (χ4v) is 3.45. The zero-order valence-corrected chi connectivity index (χ0v) is 11.9. The molecular weight excluding hydrogens is 255 g/mol. The molecule has 1 aromatic carbocycles. The molecule has 0 spiro atoms. The van der Waals surface area contributed by atoms with Crippen LogP contribution in [-0.2, 0) is 6.61 Å². The van der Waals surface area contributed by atoms with Crippen molar-refractivity contribution in [2.45, 2.75) is 38.3 Å². The number of aliphatic hydroxyl groups is 1. The summed E-state index contributed by atoms with van der Waals surface area (Å²) in [5.74, 6) is -0.212. The third kappa shape index (κ3) is 2.81. The van der Waals surface area contributed by atoms with Crippen LogP contribution in [0.5, 0.6) is 0 Å². The molecule has 2 fully saturated rings. The number of rotatable bonds is 3. The molecule has 1 aromatic rings. The van der Waals surface area contributed by atoms with E-state index in [4.69, 9.17) is 5.11 Å². The zero-order valence-electron chi connectivity index (χ0n) is 11.9. The van der Waals surface area contributed by atoms with Crippen LogP contribution in [0.15, 0.2) is 18.2 Å². The Morgan fingerprint density at radius 2 is 1.95 bits per heavy atom. The van der Waals surface area contributed by atoms with E-state index in [0.717, 1.165) is 19.5 Å². The normalized spacial score (nSPS) is 24.3. The minimum absolute atomic E-state index is 0.104. The number of halogens is 1. The van der Waals surface area contributed by atoms with E-state index in [1.807, 2.05) is 6.07 Å². The van der Waals surface area contributed by atoms with Gasteiger partial charge in [0.25, 0.3) is 0 Å². The Kier molecular flexibility index (Phi) is 4.22. The Labute approximate surface area is 120 Å². The van der Waals surface area contributed by atoms with Crippen LogP contribution in [0.25, 0.3) is 0 Å². The molecule has 2 saturated heterocycles. The van der Waals surface area contributed by atoms with Gasteiger partial charge in [-0.2, -0.15) is 0 Å². The summed E-state index contributed by atoms with van der Waals surface area (Å²) in [4.78, 5) is 4.72. The molecule has 0 aromatic heterocycles. The van der Waals surface area contributed by atoms with Gasteiger partial charge in [-0.25, -0.2) is 4.39 Å². The molecule has 2 aliphatic rings. The van der Waals surface area contributed by atoms with Crippen LogP contribution in [0.1, 0.15) is 31.2 Å². The number of hydrogen-bond acceptors (Lipinski definition) is 3. The van der Waals surface area contributed by atoms with Crippen molar-refractivity contribution in [1.29, 1.82) is 0 Å². The summed E-state index contributed by atoms with van der Waals surface area (Å²) in [5.41, 5.74) is 1.32. The van der Waals surface area contributed by atoms with E-state index in [-0.39, 0.29) is 12.4 Å². The topological polar surface area (TPSA) is 26.7 Å². The molecule has 4 heteroatoms. The molecule has 110 valence electrons. The monoisotopic (exact) mass is 278 g/mol. The Balaban J connectivity index is 1.67. The van der Waals surface area contributed by atoms with Crippen molar-refractivity contribution in [3.63, 3.8) is 0 Å². The highest BCUT2D eigenvalue weighted by atomic mass is 19.1. The fourth-order valence-electron chi connectivity index (χ4n) is 3.45. The number of likely N-dealkylation sites (tertiary alicyclic amines) is 1. The van der Waals surface area contributed by atoms with Crippen LogP contribution < -0.4 is 4.90 Å². The molecule has 0 bridgehead atoms. The van der Waals surface area contributed by atoms with Crippen molar-refractivity contribution in [2.24, 2.45) is 0 Å². The number of benzene rings is 1. The largest absolute Gasteiger partial charge is 0.392 e. The van der Waals surface area contributed by atoms with E-state index in [0.29, 0.717) is 17.3 Å². The summed E-state index contributed by atoms with van der Waals surface area (Å²) < 4.78 is 14.1. The van der Waals surface area contributed by atoms with Crippen molar-refractivity contribution in [3.05, 3.63) is 29.6 Å². The highest BCUT2D eigenvalue weighted by Crippen LogP contribution is 2.27. The van der Waals surface area contributed by atoms with E-state index >= 15 is 0 Å². The lowest BCUT2D eigenvalue weighted by molar-refractivity contribution is 0.175. The van der Waals surface area contributed by atoms with Gasteiger partial charge < -0.3 is 10.0 Å². The second kappa shape index (κ2) is 6.10. The number of aliphatic hydroxyl groups excluding tert-OH is 1. The average Bonchev–Trinajstić information content (AvgIpc) is 2.97. The fraction of sp³-hybridized carbons (Fsp3) is 0.625. The molecule has 0 saturated carbocycles. The van der Waals surface area contributed by atoms with Gasteiger partial charge in [-0.3, -0.25) is 4.90 Å². The van der Waals surface area contributed by atoms with E-state index in [9.17, 15) is 4.39 Å². The van der Waals surface area contributed by atoms with Gasteiger partial charge in [0.05, 0.1) is 12.3 Å². The van der Waals surface area contributed by atoms with Crippen molar-refractivity contribution < 1.29 is 9.50 Å². The first-order chi connectivity index (χ1) is 9.78. The summed E-state index contributed by atoms with van der Waals surface area (Å²) in [6, 6.07) is 5.64. The molecule has 3 rings (SSSR count). The van der Waals surface area contributed by atoms with Crippen LogP contribution in [-0.4, -0.2) is 42.2 Å². The number of anilines is 1. The van der Waals surface area contributed by atoms with Crippen LogP contribution in [0, 0.1) is 5.82 Å². The van der Waals surface area contributed by atoms with Gasteiger partial charge in [0.1, 0.15) is 5.82 Å². The summed E-state index contributed by atoms with van der Waals surface area (Å²) in [7, 11) is 0. The second-order valence-electron chi connectivity index (χ2n) is 5.93. The molecule has 2 heterocycles. The molecule has 2 aliphatic heterocycles. The number of hydrogen-bond donors (Lipinski definition) is 1. The van der Waals surface area contributed by atoms with Gasteiger partial charge in [0.15, 0.2) is 0 Å².